The van der Waals surface area contributed by atoms with Gasteiger partial charge < -0.3 is 20.5 Å². The van der Waals surface area contributed by atoms with Crippen LogP contribution in [0, 0.1) is 5.41 Å². The lowest BCUT2D eigenvalue weighted by molar-refractivity contribution is -0.135. The molecule has 1 aromatic carbocycles. The van der Waals surface area contributed by atoms with Crippen LogP contribution in [0.5, 0.6) is 0 Å². The quantitative estimate of drug-likeness (QED) is 0.747. The monoisotopic (exact) mass is 248 g/mol. The van der Waals surface area contributed by atoms with Crippen molar-refractivity contribution >= 4 is 17.3 Å². The molecule has 3 rings (SSSR count). The number of carbonyl (C=O) groups excluding carboxylic acids is 1. The van der Waals surface area contributed by atoms with Gasteiger partial charge in [0.05, 0.1) is 31.7 Å². The first-order chi connectivity index (χ1) is 8.63. The van der Waals surface area contributed by atoms with Crippen LogP contribution in [-0.2, 0) is 16.0 Å². The van der Waals surface area contributed by atoms with Crippen molar-refractivity contribution in [2.24, 2.45) is 5.41 Å². The molecule has 2 aliphatic rings. The molecule has 0 atom stereocenters. The third kappa shape index (κ3) is 1.67. The molecule has 5 heteroatoms. The van der Waals surface area contributed by atoms with Crippen LogP contribution < -0.4 is 10.6 Å². The summed E-state index contributed by atoms with van der Waals surface area (Å²) in [5.74, 6) is 0.0651. The molecule has 0 radical (unpaired) electrons. The van der Waals surface area contributed by atoms with Crippen LogP contribution in [0.3, 0.4) is 0 Å². The number of hydrogen-bond acceptors (Lipinski definition) is 4. The maximum atomic E-state index is 12.0. The summed E-state index contributed by atoms with van der Waals surface area (Å²) in [6.45, 7) is 1.58. The number of rotatable bonds is 3. The number of benzene rings is 1. The highest BCUT2D eigenvalue weighted by molar-refractivity contribution is 6.01. The van der Waals surface area contributed by atoms with Gasteiger partial charge in [0.25, 0.3) is 0 Å². The molecule has 1 amide bonds. The van der Waals surface area contributed by atoms with Gasteiger partial charge in [0, 0.05) is 17.9 Å². The summed E-state index contributed by atoms with van der Waals surface area (Å²) < 4.78 is 5.16. The van der Waals surface area contributed by atoms with Crippen LogP contribution in [0.4, 0.5) is 11.4 Å². The minimum Gasteiger partial charge on any atom is -0.399 e. The number of aliphatic hydroxyl groups excluding tert-OH is 1. The Morgan fingerprint density at radius 1 is 1.44 bits per heavy atom. The predicted molar refractivity (Wildman–Crippen MR) is 67.2 cm³/mol. The smallest absolute Gasteiger partial charge is 0.231 e. The van der Waals surface area contributed by atoms with Gasteiger partial charge >= 0.3 is 0 Å². The van der Waals surface area contributed by atoms with Gasteiger partial charge in [0.2, 0.25) is 5.91 Å². The Morgan fingerprint density at radius 3 is 2.83 bits per heavy atom. The largest absolute Gasteiger partial charge is 0.399 e. The number of nitrogens with two attached hydrogens (primary N) is 1. The summed E-state index contributed by atoms with van der Waals surface area (Å²) in [7, 11) is 0. The van der Waals surface area contributed by atoms with Crippen molar-refractivity contribution in [2.75, 3.05) is 37.0 Å². The maximum Gasteiger partial charge on any atom is 0.231 e. The lowest BCUT2D eigenvalue weighted by atomic mass is 9.86. The van der Waals surface area contributed by atoms with E-state index in [1.54, 1.807) is 11.0 Å². The molecule has 0 unspecified atom stereocenters. The maximum absolute atomic E-state index is 12.0. The molecule has 3 N–H and O–H groups in total. The molecular weight excluding hydrogens is 232 g/mol. The summed E-state index contributed by atoms with van der Waals surface area (Å²) in [6.07, 6.45) is 0.392. The minimum atomic E-state index is -0.293. The Morgan fingerprint density at radius 2 is 2.22 bits per heavy atom. The highest BCUT2D eigenvalue weighted by Gasteiger charge is 2.42. The number of carbonyl (C=O) groups is 1. The van der Waals surface area contributed by atoms with E-state index in [4.69, 9.17) is 10.5 Å². The van der Waals surface area contributed by atoms with Crippen LogP contribution in [-0.4, -0.2) is 37.4 Å². The molecule has 2 aliphatic heterocycles. The molecule has 0 saturated carbocycles. The van der Waals surface area contributed by atoms with E-state index in [1.807, 2.05) is 12.1 Å². The number of nitrogens with zero attached hydrogens (tertiary/aromatic N) is 1. The molecular formula is C13H16N2O3. The van der Waals surface area contributed by atoms with E-state index in [0.29, 0.717) is 31.9 Å². The average molecular weight is 248 g/mol. The van der Waals surface area contributed by atoms with Gasteiger partial charge in [-0.15, -0.1) is 0 Å². The van der Waals surface area contributed by atoms with Crippen LogP contribution in [0.2, 0.25) is 0 Å². The van der Waals surface area contributed by atoms with Gasteiger partial charge in [-0.3, -0.25) is 4.79 Å². The van der Waals surface area contributed by atoms with E-state index in [0.717, 1.165) is 11.3 Å². The lowest BCUT2D eigenvalue weighted by Crippen LogP contribution is -2.54. The summed E-state index contributed by atoms with van der Waals surface area (Å²) in [4.78, 5) is 13.8. The normalized spacial score (nSPS) is 20.7. The van der Waals surface area contributed by atoms with Crippen molar-refractivity contribution in [3.05, 3.63) is 23.8 Å². The summed E-state index contributed by atoms with van der Waals surface area (Å²) in [5.41, 5.74) is 7.98. The molecule has 2 heterocycles. The number of hydrogen-bond donors (Lipinski definition) is 2. The molecule has 5 nitrogen and oxygen atoms in total. The lowest BCUT2D eigenvalue weighted by Gasteiger charge is -2.42. The van der Waals surface area contributed by atoms with E-state index in [9.17, 15) is 9.90 Å². The van der Waals surface area contributed by atoms with Crippen LogP contribution in [0.1, 0.15) is 5.56 Å². The van der Waals surface area contributed by atoms with Crippen molar-refractivity contribution in [1.29, 1.82) is 0 Å². The molecule has 0 aliphatic carbocycles. The second-order valence-electron chi connectivity index (χ2n) is 5.20. The first-order valence-corrected chi connectivity index (χ1v) is 6.01. The number of nitrogen functional groups attached to an aromatic ring is 1. The Labute approximate surface area is 105 Å². The Balaban J connectivity index is 1.87. The Hall–Kier alpha value is -1.59. The van der Waals surface area contributed by atoms with Gasteiger partial charge in [-0.1, -0.05) is 0 Å². The first kappa shape index (κ1) is 11.5. The van der Waals surface area contributed by atoms with Gasteiger partial charge in [-0.25, -0.2) is 0 Å². The third-order valence-electron chi connectivity index (χ3n) is 3.68. The molecule has 1 fully saturated rings. The zero-order chi connectivity index (χ0) is 12.8. The number of aliphatic hydroxyl groups is 1. The van der Waals surface area contributed by atoms with Crippen molar-refractivity contribution in [2.45, 2.75) is 6.42 Å². The number of anilines is 2. The standard InChI is InChI=1S/C13H16N2O3/c14-10-1-2-11-9(3-10)4-12(17)15(11)5-13(6-16)7-18-8-13/h1-3,16H,4-8,14H2. The Kier molecular flexibility index (Phi) is 2.53. The van der Waals surface area contributed by atoms with Crippen molar-refractivity contribution in [3.8, 4) is 0 Å². The fraction of sp³-hybridized carbons (Fsp3) is 0.462. The topological polar surface area (TPSA) is 75.8 Å². The van der Waals surface area contributed by atoms with E-state index in [2.05, 4.69) is 0 Å². The molecule has 0 spiro atoms. The fourth-order valence-electron chi connectivity index (χ4n) is 2.54. The first-order valence-electron chi connectivity index (χ1n) is 6.01. The molecule has 1 aromatic rings. The molecule has 18 heavy (non-hydrogen) atoms. The summed E-state index contributed by atoms with van der Waals surface area (Å²) >= 11 is 0. The summed E-state index contributed by atoms with van der Waals surface area (Å²) in [5, 5.41) is 9.44. The molecule has 96 valence electrons. The van der Waals surface area contributed by atoms with Crippen molar-refractivity contribution in [1.82, 2.24) is 0 Å². The minimum absolute atomic E-state index is 0.0427. The third-order valence-corrected chi connectivity index (χ3v) is 3.68. The van der Waals surface area contributed by atoms with Gasteiger partial charge in [-0.2, -0.15) is 0 Å². The van der Waals surface area contributed by atoms with Crippen LogP contribution in [0.25, 0.3) is 0 Å². The predicted octanol–water partition coefficient (Wildman–Crippen LogP) is 0.167. The highest BCUT2D eigenvalue weighted by atomic mass is 16.5. The SMILES string of the molecule is Nc1ccc2c(c1)CC(=O)N2CC1(CO)COC1. The Bertz CT molecular complexity index is 491. The van der Waals surface area contributed by atoms with Crippen molar-refractivity contribution in [3.63, 3.8) is 0 Å². The molecule has 0 aromatic heterocycles. The number of ether oxygens (including phenoxy) is 1. The average Bonchev–Trinajstić information content (AvgIpc) is 2.59. The van der Waals surface area contributed by atoms with Gasteiger partial charge in [0.1, 0.15) is 0 Å². The van der Waals surface area contributed by atoms with Crippen LogP contribution >= 0.6 is 0 Å². The fourth-order valence-corrected chi connectivity index (χ4v) is 2.54. The number of fused-ring (bicyclic) bond motifs is 1. The van der Waals surface area contributed by atoms with Crippen molar-refractivity contribution < 1.29 is 14.6 Å². The second kappa shape index (κ2) is 3.96. The van der Waals surface area contributed by atoms with E-state index in [-0.39, 0.29) is 17.9 Å². The van der Waals surface area contributed by atoms with Crippen LogP contribution in [0.15, 0.2) is 18.2 Å². The molecule has 1 saturated heterocycles. The molecule has 0 bridgehead atoms. The van der Waals surface area contributed by atoms with Gasteiger partial charge in [-0.05, 0) is 23.8 Å². The van der Waals surface area contributed by atoms with Gasteiger partial charge in [0.15, 0.2) is 0 Å². The highest BCUT2D eigenvalue weighted by Crippen LogP contribution is 2.35. The van der Waals surface area contributed by atoms with E-state index < -0.39 is 0 Å². The number of amides is 1. The van der Waals surface area contributed by atoms with E-state index >= 15 is 0 Å². The summed E-state index contributed by atoms with van der Waals surface area (Å²) in [6, 6.07) is 5.52. The van der Waals surface area contributed by atoms with E-state index in [1.165, 1.54) is 0 Å². The zero-order valence-corrected chi connectivity index (χ0v) is 10.1. The zero-order valence-electron chi connectivity index (χ0n) is 10.1. The second-order valence-corrected chi connectivity index (χ2v) is 5.20.